The van der Waals surface area contributed by atoms with E-state index < -0.39 is 12.1 Å². The lowest BCUT2D eigenvalue weighted by Gasteiger charge is -2.35. The van der Waals surface area contributed by atoms with E-state index in [4.69, 9.17) is 21.4 Å². The van der Waals surface area contributed by atoms with Crippen molar-refractivity contribution in [3.05, 3.63) is 34.9 Å². The number of benzene rings is 1. The molecule has 0 bridgehead atoms. The molecule has 18 heavy (non-hydrogen) atoms. The van der Waals surface area contributed by atoms with Gasteiger partial charge in [0, 0.05) is 24.2 Å². The van der Waals surface area contributed by atoms with Gasteiger partial charge in [-0.3, -0.25) is 4.90 Å². The number of carbonyl (C=O) groups is 1. The molecule has 1 fully saturated rings. The molecule has 1 aliphatic rings. The third-order valence-corrected chi connectivity index (χ3v) is 3.62. The van der Waals surface area contributed by atoms with E-state index in [1.54, 1.807) is 0 Å². The summed E-state index contributed by atoms with van der Waals surface area (Å²) in [6.45, 7) is 3.58. The summed E-state index contributed by atoms with van der Waals surface area (Å²) in [6, 6.07) is 7.73. The highest BCUT2D eigenvalue weighted by Crippen LogP contribution is 2.28. The summed E-state index contributed by atoms with van der Waals surface area (Å²) in [4.78, 5) is 13.0. The van der Waals surface area contributed by atoms with Crippen LogP contribution in [0.5, 0.6) is 0 Å². The first-order valence-electron chi connectivity index (χ1n) is 5.92. The minimum atomic E-state index is -0.911. The van der Waals surface area contributed by atoms with Crippen LogP contribution in [0.15, 0.2) is 24.3 Å². The quantitative estimate of drug-likeness (QED) is 0.914. The van der Waals surface area contributed by atoms with Crippen LogP contribution in [0.25, 0.3) is 0 Å². The number of halogens is 1. The molecule has 1 aromatic rings. The van der Waals surface area contributed by atoms with E-state index in [9.17, 15) is 4.79 Å². The average molecular weight is 270 g/mol. The van der Waals surface area contributed by atoms with Crippen LogP contribution in [0, 0.1) is 0 Å². The van der Waals surface area contributed by atoms with Crippen molar-refractivity contribution in [3.8, 4) is 0 Å². The lowest BCUT2D eigenvalue weighted by atomic mass is 10.1. The van der Waals surface area contributed by atoms with Crippen LogP contribution < -0.4 is 0 Å². The highest BCUT2D eigenvalue weighted by molar-refractivity contribution is 6.31. The summed E-state index contributed by atoms with van der Waals surface area (Å²) in [5.74, 6) is -0.911. The Morgan fingerprint density at radius 3 is 2.94 bits per heavy atom. The zero-order chi connectivity index (χ0) is 13.1. The summed E-state index contributed by atoms with van der Waals surface area (Å²) in [6.07, 6.45) is -0.747. The molecule has 2 atom stereocenters. The Bertz CT molecular complexity index is 438. The van der Waals surface area contributed by atoms with Gasteiger partial charge in [-0.25, -0.2) is 4.79 Å². The number of morpholine rings is 1. The molecule has 98 valence electrons. The molecule has 0 aliphatic carbocycles. The standard InChI is InChI=1S/C13H16ClNO3/c1-9(10-4-2-3-5-11(10)14)15-6-7-18-12(8-15)13(16)17/h2-5,9,12H,6-8H2,1H3,(H,16,17). The van der Waals surface area contributed by atoms with Gasteiger partial charge in [-0.1, -0.05) is 29.8 Å². The predicted octanol–water partition coefficient (Wildman–Crippen LogP) is 2.19. The zero-order valence-electron chi connectivity index (χ0n) is 10.2. The van der Waals surface area contributed by atoms with Crippen LogP contribution in [0.3, 0.4) is 0 Å². The fraction of sp³-hybridized carbons (Fsp3) is 0.462. The topological polar surface area (TPSA) is 49.8 Å². The minimum Gasteiger partial charge on any atom is -0.479 e. The van der Waals surface area contributed by atoms with Crippen molar-refractivity contribution in [1.29, 1.82) is 0 Å². The molecule has 1 aliphatic heterocycles. The lowest BCUT2D eigenvalue weighted by Crippen LogP contribution is -2.46. The Kier molecular flexibility index (Phi) is 4.22. The van der Waals surface area contributed by atoms with Crippen LogP contribution >= 0.6 is 11.6 Å². The number of carboxylic acids is 1. The third-order valence-electron chi connectivity index (χ3n) is 3.28. The maximum absolute atomic E-state index is 10.9. The predicted molar refractivity (Wildman–Crippen MR) is 68.8 cm³/mol. The Hall–Kier alpha value is -1.10. The van der Waals surface area contributed by atoms with Gasteiger partial charge in [-0.05, 0) is 18.6 Å². The number of rotatable bonds is 3. The maximum Gasteiger partial charge on any atom is 0.334 e. The summed E-state index contributed by atoms with van der Waals surface area (Å²) in [5, 5.41) is 9.70. The van der Waals surface area contributed by atoms with E-state index in [1.165, 1.54) is 0 Å². The van der Waals surface area contributed by atoms with Gasteiger partial charge in [0.05, 0.1) is 6.61 Å². The number of carboxylic acid groups (broad SMARTS) is 1. The van der Waals surface area contributed by atoms with E-state index in [0.717, 1.165) is 12.1 Å². The molecule has 0 aromatic heterocycles. The molecule has 1 heterocycles. The van der Waals surface area contributed by atoms with Crippen molar-refractivity contribution in [2.45, 2.75) is 19.1 Å². The molecular weight excluding hydrogens is 254 g/mol. The monoisotopic (exact) mass is 269 g/mol. The van der Waals surface area contributed by atoms with Gasteiger partial charge in [-0.2, -0.15) is 0 Å². The molecule has 5 heteroatoms. The van der Waals surface area contributed by atoms with Crippen molar-refractivity contribution in [3.63, 3.8) is 0 Å². The van der Waals surface area contributed by atoms with Crippen molar-refractivity contribution < 1.29 is 14.6 Å². The van der Waals surface area contributed by atoms with Gasteiger partial charge >= 0.3 is 5.97 Å². The van der Waals surface area contributed by atoms with Crippen LogP contribution in [0.1, 0.15) is 18.5 Å². The fourth-order valence-electron chi connectivity index (χ4n) is 2.18. The summed E-state index contributed by atoms with van der Waals surface area (Å²) < 4.78 is 5.21. The molecular formula is C13H16ClNO3. The van der Waals surface area contributed by atoms with E-state index in [-0.39, 0.29) is 6.04 Å². The van der Waals surface area contributed by atoms with Crippen molar-refractivity contribution >= 4 is 17.6 Å². The molecule has 0 amide bonds. The Labute approximate surface area is 111 Å². The second-order valence-electron chi connectivity index (χ2n) is 4.39. The second-order valence-corrected chi connectivity index (χ2v) is 4.80. The number of hydrogen-bond donors (Lipinski definition) is 1. The molecule has 4 nitrogen and oxygen atoms in total. The molecule has 1 N–H and O–H groups in total. The third kappa shape index (κ3) is 2.83. The first-order valence-corrected chi connectivity index (χ1v) is 6.30. The van der Waals surface area contributed by atoms with Crippen LogP contribution in [-0.4, -0.2) is 41.8 Å². The molecule has 0 spiro atoms. The maximum atomic E-state index is 10.9. The number of hydrogen-bond acceptors (Lipinski definition) is 3. The second kappa shape index (κ2) is 5.69. The SMILES string of the molecule is CC(c1ccccc1Cl)N1CCOC(C(=O)O)C1. The van der Waals surface area contributed by atoms with Gasteiger partial charge < -0.3 is 9.84 Å². The van der Waals surface area contributed by atoms with Gasteiger partial charge in [-0.15, -0.1) is 0 Å². The van der Waals surface area contributed by atoms with Crippen LogP contribution in [-0.2, 0) is 9.53 Å². The molecule has 2 unspecified atom stereocenters. The number of nitrogens with zero attached hydrogens (tertiary/aromatic N) is 1. The first-order chi connectivity index (χ1) is 8.59. The summed E-state index contributed by atoms with van der Waals surface area (Å²) in [7, 11) is 0. The van der Waals surface area contributed by atoms with Gasteiger partial charge in [0.15, 0.2) is 6.10 Å². The molecule has 0 radical (unpaired) electrons. The summed E-state index contributed by atoms with van der Waals surface area (Å²) >= 11 is 6.16. The van der Waals surface area contributed by atoms with Gasteiger partial charge in [0.2, 0.25) is 0 Å². The molecule has 2 rings (SSSR count). The van der Waals surface area contributed by atoms with E-state index in [1.807, 2.05) is 31.2 Å². The largest absolute Gasteiger partial charge is 0.479 e. The lowest BCUT2D eigenvalue weighted by molar-refractivity contribution is -0.157. The number of aliphatic carboxylic acids is 1. The highest BCUT2D eigenvalue weighted by Gasteiger charge is 2.29. The first kappa shape index (κ1) is 13.3. The average Bonchev–Trinajstić information content (AvgIpc) is 2.38. The molecule has 0 saturated carbocycles. The number of ether oxygens (including phenoxy) is 1. The van der Waals surface area contributed by atoms with Gasteiger partial charge in [0.1, 0.15) is 0 Å². The Morgan fingerprint density at radius 2 is 2.28 bits per heavy atom. The van der Waals surface area contributed by atoms with Crippen LogP contribution in [0.4, 0.5) is 0 Å². The Balaban J connectivity index is 2.11. The van der Waals surface area contributed by atoms with E-state index in [0.29, 0.717) is 18.2 Å². The fourth-order valence-corrected chi connectivity index (χ4v) is 2.47. The molecule has 1 aromatic carbocycles. The van der Waals surface area contributed by atoms with Gasteiger partial charge in [0.25, 0.3) is 0 Å². The highest BCUT2D eigenvalue weighted by atomic mass is 35.5. The van der Waals surface area contributed by atoms with E-state index >= 15 is 0 Å². The normalized spacial score (nSPS) is 22.7. The molecule has 1 saturated heterocycles. The van der Waals surface area contributed by atoms with Crippen molar-refractivity contribution in [1.82, 2.24) is 4.90 Å². The van der Waals surface area contributed by atoms with Crippen molar-refractivity contribution in [2.24, 2.45) is 0 Å². The van der Waals surface area contributed by atoms with E-state index in [2.05, 4.69) is 4.90 Å². The van der Waals surface area contributed by atoms with Crippen molar-refractivity contribution in [2.75, 3.05) is 19.7 Å². The summed E-state index contributed by atoms with van der Waals surface area (Å²) in [5.41, 5.74) is 1.02. The van der Waals surface area contributed by atoms with Crippen LogP contribution in [0.2, 0.25) is 5.02 Å². The zero-order valence-corrected chi connectivity index (χ0v) is 10.9. The smallest absolute Gasteiger partial charge is 0.334 e. The minimum absolute atomic E-state index is 0.0875. The Morgan fingerprint density at radius 1 is 1.56 bits per heavy atom.